The smallest absolute Gasteiger partial charge is 0.238 e. The number of benzene rings is 1. The molecule has 0 saturated heterocycles. The molecule has 17 heavy (non-hydrogen) atoms. The molecule has 0 fully saturated rings. The summed E-state index contributed by atoms with van der Waals surface area (Å²) in [7, 11) is 0. The highest BCUT2D eigenvalue weighted by Gasteiger charge is 2.15. The van der Waals surface area contributed by atoms with E-state index in [-0.39, 0.29) is 11.4 Å². The number of rotatable bonds is 5. The van der Waals surface area contributed by atoms with Gasteiger partial charge in [-0.1, -0.05) is 24.6 Å². The molecular weight excluding hydrogens is 212 g/mol. The first-order valence-corrected chi connectivity index (χ1v) is 6.04. The van der Waals surface area contributed by atoms with Gasteiger partial charge in [0.15, 0.2) is 0 Å². The molecule has 0 bridgehead atoms. The van der Waals surface area contributed by atoms with E-state index in [1.54, 1.807) is 0 Å². The molecule has 1 aromatic rings. The summed E-state index contributed by atoms with van der Waals surface area (Å²) in [5, 5.41) is 6.09. The molecule has 1 aromatic carbocycles. The number of anilines is 1. The van der Waals surface area contributed by atoms with Crippen LogP contribution in [0, 0.1) is 6.92 Å². The first-order valence-electron chi connectivity index (χ1n) is 6.04. The van der Waals surface area contributed by atoms with Gasteiger partial charge < -0.3 is 10.6 Å². The van der Waals surface area contributed by atoms with E-state index in [9.17, 15) is 4.79 Å². The van der Waals surface area contributed by atoms with Gasteiger partial charge in [0.25, 0.3) is 0 Å². The topological polar surface area (TPSA) is 41.1 Å². The van der Waals surface area contributed by atoms with Gasteiger partial charge in [-0.15, -0.1) is 0 Å². The van der Waals surface area contributed by atoms with E-state index < -0.39 is 0 Å². The molecule has 3 nitrogen and oxygen atoms in total. The number of hydrogen-bond acceptors (Lipinski definition) is 2. The van der Waals surface area contributed by atoms with Crippen LogP contribution in [0.5, 0.6) is 0 Å². The average molecular weight is 234 g/mol. The lowest BCUT2D eigenvalue weighted by Gasteiger charge is -2.24. The number of carbonyl (C=O) groups is 1. The Kier molecular flexibility index (Phi) is 4.70. The zero-order valence-electron chi connectivity index (χ0n) is 11.1. The monoisotopic (exact) mass is 234 g/mol. The van der Waals surface area contributed by atoms with Gasteiger partial charge in [0.2, 0.25) is 5.91 Å². The maximum absolute atomic E-state index is 11.7. The van der Waals surface area contributed by atoms with Crippen molar-refractivity contribution < 1.29 is 4.79 Å². The van der Waals surface area contributed by atoms with Crippen molar-refractivity contribution >= 4 is 11.6 Å². The molecule has 1 rings (SSSR count). The summed E-state index contributed by atoms with van der Waals surface area (Å²) in [6.45, 7) is 8.65. The van der Waals surface area contributed by atoms with E-state index in [4.69, 9.17) is 0 Å². The highest BCUT2D eigenvalue weighted by molar-refractivity contribution is 5.92. The minimum absolute atomic E-state index is 0.00428. The molecule has 0 saturated carbocycles. The van der Waals surface area contributed by atoms with Crippen LogP contribution in [-0.4, -0.2) is 18.0 Å². The zero-order valence-corrected chi connectivity index (χ0v) is 11.1. The number of amides is 1. The lowest BCUT2D eigenvalue weighted by Crippen LogP contribution is -2.43. The highest BCUT2D eigenvalue weighted by atomic mass is 16.1. The third kappa shape index (κ3) is 5.00. The maximum atomic E-state index is 11.7. The average Bonchev–Trinajstić information content (AvgIpc) is 2.30. The van der Waals surface area contributed by atoms with Gasteiger partial charge in [-0.25, -0.2) is 0 Å². The van der Waals surface area contributed by atoms with Crippen LogP contribution < -0.4 is 10.6 Å². The second-order valence-electron chi connectivity index (χ2n) is 5.01. The van der Waals surface area contributed by atoms with Crippen molar-refractivity contribution in [2.24, 2.45) is 0 Å². The van der Waals surface area contributed by atoms with Crippen molar-refractivity contribution in [3.05, 3.63) is 29.8 Å². The number of carbonyl (C=O) groups excluding carboxylic acids is 1. The van der Waals surface area contributed by atoms with Crippen molar-refractivity contribution in [2.75, 3.05) is 11.9 Å². The molecule has 3 heteroatoms. The van der Waals surface area contributed by atoms with E-state index in [1.807, 2.05) is 31.2 Å². The summed E-state index contributed by atoms with van der Waals surface area (Å²) in [6, 6.07) is 7.80. The van der Waals surface area contributed by atoms with Crippen molar-refractivity contribution in [1.82, 2.24) is 5.32 Å². The Bertz CT molecular complexity index is 368. The summed E-state index contributed by atoms with van der Waals surface area (Å²) >= 11 is 0. The molecule has 2 N–H and O–H groups in total. The summed E-state index contributed by atoms with van der Waals surface area (Å²) in [5.74, 6) is -0.00428. The maximum Gasteiger partial charge on any atom is 0.238 e. The van der Waals surface area contributed by atoms with Crippen LogP contribution in [0.15, 0.2) is 24.3 Å². The molecule has 0 aliphatic heterocycles. The summed E-state index contributed by atoms with van der Waals surface area (Å²) in [6.07, 6.45) is 0.991. The molecule has 0 heterocycles. The quantitative estimate of drug-likeness (QED) is 0.822. The predicted octanol–water partition coefficient (Wildman–Crippen LogP) is 2.71. The van der Waals surface area contributed by atoms with Gasteiger partial charge in [-0.2, -0.15) is 0 Å². The Labute approximate surface area is 104 Å². The first kappa shape index (κ1) is 13.7. The van der Waals surface area contributed by atoms with Crippen molar-refractivity contribution in [1.29, 1.82) is 0 Å². The molecule has 0 aliphatic rings. The van der Waals surface area contributed by atoms with Crippen LogP contribution in [-0.2, 0) is 4.79 Å². The molecular formula is C14H22N2O. The lowest BCUT2D eigenvalue weighted by molar-refractivity contribution is -0.115. The van der Waals surface area contributed by atoms with Gasteiger partial charge in [0, 0.05) is 11.2 Å². The first-order chi connectivity index (χ1) is 7.93. The molecule has 0 unspecified atom stereocenters. The predicted molar refractivity (Wildman–Crippen MR) is 72.2 cm³/mol. The van der Waals surface area contributed by atoms with Crippen molar-refractivity contribution in [3.8, 4) is 0 Å². The Morgan fingerprint density at radius 1 is 1.24 bits per heavy atom. The number of aryl methyl sites for hydroxylation is 1. The van der Waals surface area contributed by atoms with Gasteiger partial charge in [-0.05, 0) is 39.3 Å². The molecule has 0 atom stereocenters. The fourth-order valence-corrected chi connectivity index (χ4v) is 1.29. The van der Waals surface area contributed by atoms with Crippen molar-refractivity contribution in [2.45, 2.75) is 39.7 Å². The van der Waals surface area contributed by atoms with E-state index in [1.165, 1.54) is 5.56 Å². The molecule has 0 radical (unpaired) electrons. The highest BCUT2D eigenvalue weighted by Crippen LogP contribution is 2.09. The number of hydrogen-bond donors (Lipinski definition) is 2. The largest absolute Gasteiger partial charge is 0.325 e. The second kappa shape index (κ2) is 5.82. The Hall–Kier alpha value is -1.35. The van der Waals surface area contributed by atoms with Crippen molar-refractivity contribution in [3.63, 3.8) is 0 Å². The molecule has 0 aliphatic carbocycles. The van der Waals surface area contributed by atoms with Gasteiger partial charge >= 0.3 is 0 Å². The summed E-state index contributed by atoms with van der Waals surface area (Å²) in [5.41, 5.74) is 2.04. The Morgan fingerprint density at radius 3 is 2.35 bits per heavy atom. The van der Waals surface area contributed by atoms with Crippen LogP contribution in [0.3, 0.4) is 0 Å². The number of nitrogens with one attached hydrogen (secondary N) is 2. The van der Waals surface area contributed by atoms with Gasteiger partial charge in [-0.3, -0.25) is 4.79 Å². The van der Waals surface area contributed by atoms with E-state index >= 15 is 0 Å². The Balaban J connectivity index is 2.42. The Morgan fingerprint density at radius 2 is 1.82 bits per heavy atom. The normalized spacial score (nSPS) is 11.3. The minimum Gasteiger partial charge on any atom is -0.325 e. The van der Waals surface area contributed by atoms with Crippen LogP contribution in [0.4, 0.5) is 5.69 Å². The summed E-state index contributed by atoms with van der Waals surface area (Å²) in [4.78, 5) is 11.7. The molecule has 0 spiro atoms. The standard InChI is InChI=1S/C14H22N2O/c1-5-14(3,4)15-10-13(17)16-12-8-6-11(2)7-9-12/h6-9,15H,5,10H2,1-4H3,(H,16,17). The van der Waals surface area contributed by atoms with E-state index in [0.717, 1.165) is 12.1 Å². The van der Waals surface area contributed by atoms with Crippen LogP contribution in [0.25, 0.3) is 0 Å². The minimum atomic E-state index is -0.00428. The lowest BCUT2D eigenvalue weighted by atomic mass is 10.0. The van der Waals surface area contributed by atoms with Crippen LogP contribution in [0.2, 0.25) is 0 Å². The second-order valence-corrected chi connectivity index (χ2v) is 5.01. The van der Waals surface area contributed by atoms with Gasteiger partial charge in [0.1, 0.15) is 0 Å². The summed E-state index contributed by atoms with van der Waals surface area (Å²) < 4.78 is 0. The van der Waals surface area contributed by atoms with E-state index in [0.29, 0.717) is 6.54 Å². The van der Waals surface area contributed by atoms with Crippen LogP contribution >= 0.6 is 0 Å². The van der Waals surface area contributed by atoms with Gasteiger partial charge in [0.05, 0.1) is 6.54 Å². The zero-order chi connectivity index (χ0) is 12.9. The molecule has 94 valence electrons. The third-order valence-electron chi connectivity index (χ3n) is 2.95. The molecule has 1 amide bonds. The SMILES string of the molecule is CCC(C)(C)NCC(=O)Nc1ccc(C)cc1. The fraction of sp³-hybridized carbons (Fsp3) is 0.500. The molecule has 0 aromatic heterocycles. The van der Waals surface area contributed by atoms with E-state index in [2.05, 4.69) is 31.4 Å². The third-order valence-corrected chi connectivity index (χ3v) is 2.95. The fourth-order valence-electron chi connectivity index (χ4n) is 1.29. The van der Waals surface area contributed by atoms with Crippen LogP contribution in [0.1, 0.15) is 32.8 Å².